The van der Waals surface area contributed by atoms with E-state index >= 15 is 0 Å². The largest absolute Gasteiger partial charge is 0.469 e. The number of hydrogen-bond donors (Lipinski definition) is 2. The van der Waals surface area contributed by atoms with Crippen LogP contribution in [0.5, 0.6) is 0 Å². The van der Waals surface area contributed by atoms with Gasteiger partial charge >= 0.3 is 19.8 Å². The Balaban J connectivity index is 2.09. The van der Waals surface area contributed by atoms with Crippen LogP contribution in [0.2, 0.25) is 0 Å². The fourth-order valence-corrected chi connectivity index (χ4v) is 6.82. The number of esters is 2. The number of carbonyl (C=O) groups is 2. The predicted octanol–water partition coefficient (Wildman–Crippen LogP) is 12.3. The molecular formula is C44H79O9P. The fourth-order valence-electron chi connectivity index (χ4n) is 6.46. The van der Waals surface area contributed by atoms with E-state index in [4.69, 9.17) is 24.0 Å². The van der Waals surface area contributed by atoms with Crippen molar-refractivity contribution in [1.82, 2.24) is 0 Å². The maximum absolute atomic E-state index is 12.4. The van der Waals surface area contributed by atoms with Gasteiger partial charge in [0.25, 0.3) is 0 Å². The molecule has 0 aromatic carbocycles. The van der Waals surface area contributed by atoms with Gasteiger partial charge in [-0.1, -0.05) is 172 Å². The molecule has 314 valence electrons. The smallest absolute Gasteiger partial charge is 0.462 e. The molecule has 1 aliphatic rings. The highest BCUT2D eigenvalue weighted by Gasteiger charge is 2.36. The topological polar surface area (TPSA) is 132 Å². The number of phosphoric acid groups is 1. The summed E-state index contributed by atoms with van der Waals surface area (Å²) in [6, 6.07) is 0. The highest BCUT2D eigenvalue weighted by Crippen LogP contribution is 2.36. The molecule has 2 unspecified atom stereocenters. The van der Waals surface area contributed by atoms with E-state index in [1.165, 1.54) is 116 Å². The molecule has 1 fully saturated rings. The van der Waals surface area contributed by atoms with Crippen molar-refractivity contribution in [2.24, 2.45) is 0 Å². The Labute approximate surface area is 329 Å². The Kier molecular flexibility index (Phi) is 33.2. The first kappa shape index (κ1) is 50.2. The molecule has 2 N–H and O–H groups in total. The quantitative estimate of drug-likeness (QED) is 0.0205. The summed E-state index contributed by atoms with van der Waals surface area (Å²) in [4.78, 5) is 43.0. The SMILES string of the molecule is CCCCC/C=C\C/C=C\C/C=C\CC1OC1CCCC(=O)OC[C@H](COP(=O)(O)O)OC(=O)CCCCCCCCCCCCCCCCCCCC. The lowest BCUT2D eigenvalue weighted by atomic mass is 10.0. The van der Waals surface area contributed by atoms with Crippen LogP contribution in [-0.2, 0) is 32.9 Å². The number of epoxide rings is 1. The number of unbranched alkanes of at least 4 members (excludes halogenated alkanes) is 20. The molecule has 1 saturated heterocycles. The molecule has 1 rings (SSSR count). The van der Waals surface area contributed by atoms with Crippen LogP contribution in [0.4, 0.5) is 0 Å². The number of hydrogen-bond acceptors (Lipinski definition) is 7. The molecule has 1 aliphatic heterocycles. The molecule has 0 spiro atoms. The minimum atomic E-state index is -4.77. The summed E-state index contributed by atoms with van der Waals surface area (Å²) in [7, 11) is -4.77. The second-order valence-electron chi connectivity index (χ2n) is 15.1. The third kappa shape index (κ3) is 34.7. The van der Waals surface area contributed by atoms with Crippen LogP contribution in [0.1, 0.15) is 200 Å². The van der Waals surface area contributed by atoms with Gasteiger partial charge in [-0.25, -0.2) is 4.57 Å². The molecular weight excluding hydrogens is 703 g/mol. The number of rotatable bonds is 39. The Morgan fingerprint density at radius 2 is 1.07 bits per heavy atom. The molecule has 54 heavy (non-hydrogen) atoms. The average molecular weight is 783 g/mol. The number of phosphoric ester groups is 1. The van der Waals surface area contributed by atoms with Gasteiger partial charge in [0.15, 0.2) is 6.10 Å². The molecule has 0 saturated carbocycles. The van der Waals surface area contributed by atoms with Crippen molar-refractivity contribution in [1.29, 1.82) is 0 Å². The minimum Gasteiger partial charge on any atom is -0.462 e. The second-order valence-corrected chi connectivity index (χ2v) is 16.3. The lowest BCUT2D eigenvalue weighted by molar-refractivity contribution is -0.161. The first-order chi connectivity index (χ1) is 26.2. The van der Waals surface area contributed by atoms with Crippen molar-refractivity contribution in [3.8, 4) is 0 Å². The first-order valence-corrected chi connectivity index (χ1v) is 23.4. The average Bonchev–Trinajstić information content (AvgIpc) is 3.90. The zero-order valence-electron chi connectivity index (χ0n) is 34.3. The Hall–Kier alpha value is -1.77. The van der Waals surface area contributed by atoms with Crippen LogP contribution in [0.15, 0.2) is 36.5 Å². The molecule has 1 heterocycles. The van der Waals surface area contributed by atoms with E-state index in [1.807, 2.05) is 0 Å². The summed E-state index contributed by atoms with van der Waals surface area (Å²) < 4.78 is 32.2. The van der Waals surface area contributed by atoms with Crippen molar-refractivity contribution in [2.75, 3.05) is 13.2 Å². The monoisotopic (exact) mass is 783 g/mol. The number of ether oxygens (including phenoxy) is 3. The standard InChI is InChI=1S/C44H79O9P/c1-3-5-7-9-11-13-15-17-18-19-20-21-22-24-26-28-30-32-36-44(46)52-40(39-51-54(47,48)49)38-50-43(45)37-33-35-42-41(53-42)34-31-29-27-25-23-16-14-12-10-8-6-4-2/h12,14,23,25,29,31,40-42H,3-11,13,15-22,24,26-28,30,32-39H2,1-2H3,(H2,47,48,49)/b14-12-,25-23-,31-29-/t40-,41?,42?/m1/s1. The maximum atomic E-state index is 12.4. The lowest BCUT2D eigenvalue weighted by Crippen LogP contribution is -2.29. The second kappa shape index (κ2) is 35.6. The maximum Gasteiger partial charge on any atom is 0.469 e. The fraction of sp³-hybridized carbons (Fsp3) is 0.818. The van der Waals surface area contributed by atoms with E-state index in [1.54, 1.807) is 0 Å². The van der Waals surface area contributed by atoms with Crippen LogP contribution in [-0.4, -0.2) is 53.3 Å². The molecule has 10 heteroatoms. The van der Waals surface area contributed by atoms with Crippen molar-refractivity contribution < 1.29 is 42.7 Å². The molecule has 0 aliphatic carbocycles. The van der Waals surface area contributed by atoms with Gasteiger partial charge in [0, 0.05) is 12.8 Å². The Bertz CT molecular complexity index is 1040. The molecule has 3 atom stereocenters. The van der Waals surface area contributed by atoms with Crippen molar-refractivity contribution in [3.63, 3.8) is 0 Å². The third-order valence-corrected chi connectivity index (χ3v) is 10.3. The summed E-state index contributed by atoms with van der Waals surface area (Å²) in [5.41, 5.74) is 0. The number of carbonyl (C=O) groups excluding carboxylic acids is 2. The van der Waals surface area contributed by atoms with Crippen LogP contribution in [0, 0.1) is 0 Å². The van der Waals surface area contributed by atoms with Crippen LogP contribution >= 0.6 is 7.82 Å². The summed E-state index contributed by atoms with van der Waals surface area (Å²) in [6.07, 6.45) is 44.6. The van der Waals surface area contributed by atoms with Gasteiger partial charge in [0.2, 0.25) is 0 Å². The predicted molar refractivity (Wildman–Crippen MR) is 220 cm³/mol. The minimum absolute atomic E-state index is 0.139. The van der Waals surface area contributed by atoms with Crippen LogP contribution in [0.3, 0.4) is 0 Å². The van der Waals surface area contributed by atoms with E-state index in [2.05, 4.69) is 54.8 Å². The Morgan fingerprint density at radius 3 is 1.63 bits per heavy atom. The lowest BCUT2D eigenvalue weighted by Gasteiger charge is -2.18. The van der Waals surface area contributed by atoms with Gasteiger partial charge in [-0.15, -0.1) is 0 Å². The van der Waals surface area contributed by atoms with E-state index < -0.39 is 32.5 Å². The Morgan fingerprint density at radius 1 is 0.593 bits per heavy atom. The van der Waals surface area contributed by atoms with E-state index in [0.29, 0.717) is 12.8 Å². The van der Waals surface area contributed by atoms with Gasteiger partial charge in [-0.3, -0.25) is 14.1 Å². The molecule has 0 bridgehead atoms. The molecule has 0 aromatic rings. The van der Waals surface area contributed by atoms with Gasteiger partial charge < -0.3 is 24.0 Å². The van der Waals surface area contributed by atoms with Crippen LogP contribution in [0.25, 0.3) is 0 Å². The van der Waals surface area contributed by atoms with E-state index in [0.717, 1.165) is 44.9 Å². The van der Waals surface area contributed by atoms with Gasteiger partial charge in [0.05, 0.1) is 18.8 Å². The highest BCUT2D eigenvalue weighted by atomic mass is 31.2. The van der Waals surface area contributed by atoms with Crippen molar-refractivity contribution >= 4 is 19.8 Å². The zero-order valence-corrected chi connectivity index (χ0v) is 35.2. The highest BCUT2D eigenvalue weighted by molar-refractivity contribution is 7.46. The molecule has 0 aromatic heterocycles. The zero-order chi connectivity index (χ0) is 39.4. The molecule has 0 amide bonds. The van der Waals surface area contributed by atoms with E-state index in [-0.39, 0.29) is 31.7 Å². The third-order valence-electron chi connectivity index (χ3n) is 9.84. The summed E-state index contributed by atoms with van der Waals surface area (Å²) in [5.74, 6) is -0.954. The molecule has 0 radical (unpaired) electrons. The summed E-state index contributed by atoms with van der Waals surface area (Å²) in [5, 5.41) is 0. The summed E-state index contributed by atoms with van der Waals surface area (Å²) >= 11 is 0. The van der Waals surface area contributed by atoms with Gasteiger partial charge in [-0.2, -0.15) is 0 Å². The molecule has 9 nitrogen and oxygen atoms in total. The van der Waals surface area contributed by atoms with E-state index in [9.17, 15) is 14.2 Å². The normalized spacial score (nSPS) is 16.5. The van der Waals surface area contributed by atoms with Crippen LogP contribution < -0.4 is 0 Å². The first-order valence-electron chi connectivity index (χ1n) is 21.9. The van der Waals surface area contributed by atoms with Gasteiger partial charge in [0.1, 0.15) is 6.61 Å². The van der Waals surface area contributed by atoms with Gasteiger partial charge in [-0.05, 0) is 51.4 Å². The van der Waals surface area contributed by atoms with Crippen molar-refractivity contribution in [2.45, 2.75) is 218 Å². The number of allylic oxidation sites excluding steroid dienone is 5. The summed E-state index contributed by atoms with van der Waals surface area (Å²) in [6.45, 7) is 3.61. The van der Waals surface area contributed by atoms with Crippen molar-refractivity contribution in [3.05, 3.63) is 36.5 Å².